The van der Waals surface area contributed by atoms with Crippen LogP contribution in [0.25, 0.3) is 10.9 Å². The van der Waals surface area contributed by atoms with Gasteiger partial charge >= 0.3 is 6.18 Å². The maximum atomic E-state index is 12.8. The number of aryl methyl sites for hydroxylation is 1. The van der Waals surface area contributed by atoms with E-state index < -0.39 is 11.9 Å². The van der Waals surface area contributed by atoms with Crippen LogP contribution in [0.2, 0.25) is 0 Å². The standard InChI is InChI=1S/C11H9BrF3NO/c1-5-3-4-6(17-2)9-7(5)8(12)10(16-9)11(13,14)15/h3-4,16H,1-2H3. The Morgan fingerprint density at radius 1 is 1.29 bits per heavy atom. The maximum absolute atomic E-state index is 12.8. The van der Waals surface area contributed by atoms with Crippen molar-refractivity contribution in [3.8, 4) is 5.75 Å². The molecule has 92 valence electrons. The molecule has 6 heteroatoms. The number of methoxy groups -OCH3 is 1. The first-order valence-corrected chi connectivity index (χ1v) is 5.57. The van der Waals surface area contributed by atoms with Crippen LogP contribution in [0.15, 0.2) is 16.6 Å². The third kappa shape index (κ3) is 1.90. The number of aromatic amines is 1. The molecule has 0 fully saturated rings. The van der Waals surface area contributed by atoms with E-state index in [1.54, 1.807) is 19.1 Å². The number of hydrogen-bond acceptors (Lipinski definition) is 1. The SMILES string of the molecule is COc1ccc(C)c2c(Br)c(C(F)(F)F)[nH]c12. The second kappa shape index (κ2) is 3.94. The van der Waals surface area contributed by atoms with E-state index in [1.807, 2.05) is 0 Å². The second-order valence-electron chi connectivity index (χ2n) is 3.65. The van der Waals surface area contributed by atoms with E-state index >= 15 is 0 Å². The average molecular weight is 308 g/mol. The van der Waals surface area contributed by atoms with Crippen LogP contribution in [-0.2, 0) is 6.18 Å². The smallest absolute Gasteiger partial charge is 0.432 e. The maximum Gasteiger partial charge on any atom is 0.432 e. The van der Waals surface area contributed by atoms with Crippen molar-refractivity contribution in [2.75, 3.05) is 7.11 Å². The number of ether oxygens (including phenoxy) is 1. The van der Waals surface area contributed by atoms with Crippen LogP contribution >= 0.6 is 15.9 Å². The Hall–Kier alpha value is -1.17. The number of halogens is 4. The second-order valence-corrected chi connectivity index (χ2v) is 4.44. The van der Waals surface area contributed by atoms with Crippen molar-refractivity contribution in [3.05, 3.63) is 27.9 Å². The van der Waals surface area contributed by atoms with Gasteiger partial charge in [0.25, 0.3) is 0 Å². The molecule has 2 aromatic rings. The van der Waals surface area contributed by atoms with E-state index in [9.17, 15) is 13.2 Å². The Kier molecular flexibility index (Phi) is 2.85. The lowest BCUT2D eigenvalue weighted by atomic mass is 10.1. The minimum atomic E-state index is -4.42. The fraction of sp³-hybridized carbons (Fsp3) is 0.273. The van der Waals surface area contributed by atoms with Gasteiger partial charge in [-0.15, -0.1) is 0 Å². The van der Waals surface area contributed by atoms with E-state index in [0.717, 1.165) is 5.56 Å². The topological polar surface area (TPSA) is 25.0 Å². The molecule has 0 amide bonds. The molecule has 0 saturated heterocycles. The highest BCUT2D eigenvalue weighted by Crippen LogP contribution is 2.42. The summed E-state index contributed by atoms with van der Waals surface area (Å²) in [6.45, 7) is 1.75. The highest BCUT2D eigenvalue weighted by atomic mass is 79.9. The molecule has 1 heterocycles. The summed E-state index contributed by atoms with van der Waals surface area (Å²) >= 11 is 3.00. The predicted octanol–water partition coefficient (Wildman–Crippen LogP) is 4.27. The van der Waals surface area contributed by atoms with Gasteiger partial charge in [0.15, 0.2) is 0 Å². The van der Waals surface area contributed by atoms with Crippen molar-refractivity contribution in [3.63, 3.8) is 0 Å². The van der Waals surface area contributed by atoms with Crippen molar-refractivity contribution < 1.29 is 17.9 Å². The van der Waals surface area contributed by atoms with Gasteiger partial charge in [0.2, 0.25) is 0 Å². The van der Waals surface area contributed by atoms with Crippen molar-refractivity contribution in [1.82, 2.24) is 4.98 Å². The molecule has 2 nitrogen and oxygen atoms in total. The number of alkyl halides is 3. The van der Waals surface area contributed by atoms with Gasteiger partial charge in [-0.25, -0.2) is 0 Å². The molecule has 0 atom stereocenters. The van der Waals surface area contributed by atoms with Crippen LogP contribution in [-0.4, -0.2) is 12.1 Å². The fourth-order valence-corrected chi connectivity index (χ4v) is 2.60. The molecule has 0 bridgehead atoms. The quantitative estimate of drug-likeness (QED) is 0.836. The molecule has 17 heavy (non-hydrogen) atoms. The lowest BCUT2D eigenvalue weighted by Crippen LogP contribution is -2.05. The highest BCUT2D eigenvalue weighted by Gasteiger charge is 2.36. The number of hydrogen-bond donors (Lipinski definition) is 1. The zero-order valence-electron chi connectivity index (χ0n) is 9.07. The summed E-state index contributed by atoms with van der Waals surface area (Å²) in [5, 5.41) is 0.497. The number of rotatable bonds is 1. The normalized spacial score (nSPS) is 12.1. The Morgan fingerprint density at radius 2 is 1.94 bits per heavy atom. The molecule has 0 saturated carbocycles. The molecule has 0 aliphatic rings. The van der Waals surface area contributed by atoms with E-state index in [2.05, 4.69) is 20.9 Å². The lowest BCUT2D eigenvalue weighted by Gasteiger charge is -2.03. The third-order valence-electron chi connectivity index (χ3n) is 2.57. The number of H-pyrrole nitrogens is 1. The van der Waals surface area contributed by atoms with E-state index in [4.69, 9.17) is 4.74 Å². The predicted molar refractivity (Wildman–Crippen MR) is 62.3 cm³/mol. The third-order valence-corrected chi connectivity index (χ3v) is 3.36. The van der Waals surface area contributed by atoms with E-state index in [0.29, 0.717) is 16.7 Å². The number of fused-ring (bicyclic) bond motifs is 1. The van der Waals surface area contributed by atoms with Crippen molar-refractivity contribution in [1.29, 1.82) is 0 Å². The van der Waals surface area contributed by atoms with Crippen molar-refractivity contribution >= 4 is 26.8 Å². The van der Waals surface area contributed by atoms with Gasteiger partial charge in [-0.2, -0.15) is 13.2 Å². The van der Waals surface area contributed by atoms with Crippen LogP contribution in [0, 0.1) is 6.92 Å². The zero-order chi connectivity index (χ0) is 12.8. The van der Waals surface area contributed by atoms with Gasteiger partial charge < -0.3 is 9.72 Å². The van der Waals surface area contributed by atoms with Crippen molar-refractivity contribution in [2.45, 2.75) is 13.1 Å². The highest BCUT2D eigenvalue weighted by molar-refractivity contribution is 9.10. The molecule has 1 aromatic heterocycles. The summed E-state index contributed by atoms with van der Waals surface area (Å²) in [5.41, 5.74) is 0.311. The number of nitrogens with one attached hydrogen (secondary N) is 1. The minimum Gasteiger partial charge on any atom is -0.495 e. The molecule has 0 spiro atoms. The number of aromatic nitrogens is 1. The molecule has 0 aliphatic heterocycles. The van der Waals surface area contributed by atoms with Crippen LogP contribution < -0.4 is 4.74 Å². The van der Waals surface area contributed by atoms with Crippen LogP contribution in [0.4, 0.5) is 13.2 Å². The molecule has 2 rings (SSSR count). The Balaban J connectivity index is 2.85. The molecule has 0 unspecified atom stereocenters. The van der Waals surface area contributed by atoms with Gasteiger partial charge in [0, 0.05) is 5.39 Å². The lowest BCUT2D eigenvalue weighted by molar-refractivity contribution is -0.141. The van der Waals surface area contributed by atoms with E-state index in [1.165, 1.54) is 7.11 Å². The number of benzene rings is 1. The molecule has 0 aliphatic carbocycles. The van der Waals surface area contributed by atoms with Gasteiger partial charge in [-0.05, 0) is 34.5 Å². The molecule has 1 aromatic carbocycles. The summed E-state index contributed by atoms with van der Waals surface area (Å²) in [7, 11) is 1.42. The monoisotopic (exact) mass is 307 g/mol. The Bertz CT molecular complexity index is 574. The zero-order valence-corrected chi connectivity index (χ0v) is 10.7. The first kappa shape index (κ1) is 12.3. The van der Waals surface area contributed by atoms with Crippen LogP contribution in [0.1, 0.15) is 11.3 Å². The summed E-state index contributed by atoms with van der Waals surface area (Å²) in [6.07, 6.45) is -4.42. The molecule has 1 N–H and O–H groups in total. The Labute approximate surface area is 104 Å². The summed E-state index contributed by atoms with van der Waals surface area (Å²) in [5.74, 6) is 0.391. The fourth-order valence-electron chi connectivity index (χ4n) is 1.76. The largest absolute Gasteiger partial charge is 0.495 e. The molecular formula is C11H9BrF3NO. The summed E-state index contributed by atoms with van der Waals surface area (Å²) in [4.78, 5) is 2.37. The van der Waals surface area contributed by atoms with E-state index in [-0.39, 0.29) is 4.47 Å². The summed E-state index contributed by atoms with van der Waals surface area (Å²) in [6, 6.07) is 3.36. The summed E-state index contributed by atoms with van der Waals surface area (Å²) < 4.78 is 43.3. The Morgan fingerprint density at radius 3 is 2.47 bits per heavy atom. The minimum absolute atomic E-state index is 0.0244. The van der Waals surface area contributed by atoms with Gasteiger partial charge in [0.05, 0.1) is 17.1 Å². The van der Waals surface area contributed by atoms with Crippen molar-refractivity contribution in [2.24, 2.45) is 0 Å². The molecular weight excluding hydrogens is 299 g/mol. The first-order valence-electron chi connectivity index (χ1n) is 4.78. The van der Waals surface area contributed by atoms with Gasteiger partial charge in [-0.1, -0.05) is 6.07 Å². The van der Waals surface area contributed by atoms with Gasteiger partial charge in [0.1, 0.15) is 11.4 Å². The van der Waals surface area contributed by atoms with Gasteiger partial charge in [-0.3, -0.25) is 0 Å². The average Bonchev–Trinajstić information content (AvgIpc) is 2.58. The molecule has 0 radical (unpaired) electrons. The first-order chi connectivity index (χ1) is 7.86. The van der Waals surface area contributed by atoms with Crippen LogP contribution in [0.5, 0.6) is 5.75 Å². The van der Waals surface area contributed by atoms with Crippen LogP contribution in [0.3, 0.4) is 0 Å².